The second-order valence-electron chi connectivity index (χ2n) is 5.35. The lowest BCUT2D eigenvalue weighted by Gasteiger charge is -2.10. The lowest BCUT2D eigenvalue weighted by molar-refractivity contribution is -0.119. The number of carbonyl (C=O) groups excluding carboxylic acids is 1. The predicted octanol–water partition coefficient (Wildman–Crippen LogP) is 2.10. The van der Waals surface area contributed by atoms with Gasteiger partial charge in [0.05, 0.1) is 12.2 Å². The summed E-state index contributed by atoms with van der Waals surface area (Å²) in [6.07, 6.45) is 1.89. The van der Waals surface area contributed by atoms with E-state index in [1.807, 2.05) is 6.92 Å². The topological polar surface area (TPSA) is 100 Å². The number of hydrogen-bond donors (Lipinski definition) is 3. The first-order valence-electron chi connectivity index (χ1n) is 7.75. The van der Waals surface area contributed by atoms with Crippen LogP contribution in [0.5, 0.6) is 0 Å². The number of sulfonamides is 1. The fourth-order valence-corrected chi connectivity index (χ4v) is 2.95. The summed E-state index contributed by atoms with van der Waals surface area (Å²) >= 11 is 0. The largest absolute Gasteiger partial charge is 0.361 e. The zero-order chi connectivity index (χ0) is 19.2. The van der Waals surface area contributed by atoms with Gasteiger partial charge in [-0.15, -0.1) is 0 Å². The Morgan fingerprint density at radius 1 is 1.15 bits per heavy atom. The number of anilines is 2. The number of hydrogen-bond acceptors (Lipinski definition) is 5. The van der Waals surface area contributed by atoms with Crippen molar-refractivity contribution in [3.05, 3.63) is 48.2 Å². The van der Waals surface area contributed by atoms with Crippen molar-refractivity contribution in [3.8, 4) is 0 Å². The van der Waals surface area contributed by atoms with Crippen LogP contribution in [-0.2, 0) is 14.8 Å². The number of carbonyl (C=O) groups is 1. The van der Waals surface area contributed by atoms with Gasteiger partial charge in [-0.1, -0.05) is 6.92 Å². The molecule has 0 fully saturated rings. The number of benzene rings is 1. The average molecular weight is 384 g/mol. The fourth-order valence-electron chi connectivity index (χ4n) is 1.97. The molecule has 0 spiro atoms. The molecule has 0 saturated heterocycles. The zero-order valence-corrected chi connectivity index (χ0v) is 14.7. The van der Waals surface area contributed by atoms with E-state index in [0.29, 0.717) is 18.4 Å². The summed E-state index contributed by atoms with van der Waals surface area (Å²) in [4.78, 5) is 15.2. The Balaban J connectivity index is 2.03. The minimum absolute atomic E-state index is 0.0000836. The van der Waals surface area contributed by atoms with E-state index in [1.165, 1.54) is 12.1 Å². The van der Waals surface area contributed by atoms with Gasteiger partial charge in [-0.3, -0.25) is 9.52 Å². The van der Waals surface area contributed by atoms with Crippen molar-refractivity contribution in [2.45, 2.75) is 18.2 Å². The highest BCUT2D eigenvalue weighted by molar-refractivity contribution is 7.92. The van der Waals surface area contributed by atoms with Crippen molar-refractivity contribution in [2.24, 2.45) is 0 Å². The van der Waals surface area contributed by atoms with Crippen molar-refractivity contribution in [1.82, 2.24) is 10.3 Å². The molecule has 1 aromatic heterocycles. The monoisotopic (exact) mass is 384 g/mol. The lowest BCUT2D eigenvalue weighted by Crippen LogP contribution is -2.30. The Morgan fingerprint density at radius 3 is 2.42 bits per heavy atom. The van der Waals surface area contributed by atoms with Gasteiger partial charge in [0, 0.05) is 18.8 Å². The molecular formula is C16H18F2N4O3S. The van der Waals surface area contributed by atoms with E-state index in [0.717, 1.165) is 24.8 Å². The van der Waals surface area contributed by atoms with E-state index >= 15 is 0 Å². The number of rotatable bonds is 8. The van der Waals surface area contributed by atoms with E-state index < -0.39 is 21.7 Å². The first-order valence-corrected chi connectivity index (χ1v) is 9.24. The smallest absolute Gasteiger partial charge is 0.263 e. The molecule has 0 unspecified atom stereocenters. The standard InChI is InChI=1S/C16H18F2N4O3S/c1-2-5-19-16(23)10-21-15-4-3-14(9-20-15)26(24,25)22-13-7-11(17)6-12(18)8-13/h3-4,6-9,22H,2,5,10H2,1H3,(H,19,23)(H,20,21). The molecule has 10 heteroatoms. The summed E-state index contributed by atoms with van der Waals surface area (Å²) < 4.78 is 52.9. The minimum atomic E-state index is -4.06. The van der Waals surface area contributed by atoms with Crippen LogP contribution >= 0.6 is 0 Å². The molecule has 2 aromatic rings. The molecule has 0 radical (unpaired) electrons. The number of nitrogens with zero attached hydrogens (tertiary/aromatic N) is 1. The molecule has 7 nitrogen and oxygen atoms in total. The number of pyridine rings is 1. The average Bonchev–Trinajstić information content (AvgIpc) is 2.57. The molecule has 26 heavy (non-hydrogen) atoms. The SMILES string of the molecule is CCCNC(=O)CNc1ccc(S(=O)(=O)Nc2cc(F)cc(F)c2)cn1. The number of amides is 1. The van der Waals surface area contributed by atoms with Crippen molar-refractivity contribution in [3.63, 3.8) is 0 Å². The Bertz CT molecular complexity index is 853. The minimum Gasteiger partial charge on any atom is -0.361 e. The summed E-state index contributed by atoms with van der Waals surface area (Å²) in [6, 6.07) is 5.00. The summed E-state index contributed by atoms with van der Waals surface area (Å²) in [6.45, 7) is 2.50. The van der Waals surface area contributed by atoms with Gasteiger partial charge < -0.3 is 10.6 Å². The van der Waals surface area contributed by atoms with Crippen LogP contribution in [0.1, 0.15) is 13.3 Å². The van der Waals surface area contributed by atoms with Crippen LogP contribution in [0.25, 0.3) is 0 Å². The molecule has 0 saturated carbocycles. The summed E-state index contributed by atoms with van der Waals surface area (Å²) in [5.41, 5.74) is -0.239. The van der Waals surface area contributed by atoms with E-state index in [1.54, 1.807) is 0 Å². The number of halogens is 2. The molecule has 1 aromatic carbocycles. The van der Waals surface area contributed by atoms with Gasteiger partial charge in [-0.2, -0.15) is 0 Å². The van der Waals surface area contributed by atoms with Crippen molar-refractivity contribution < 1.29 is 22.0 Å². The molecular weight excluding hydrogens is 366 g/mol. The normalized spacial score (nSPS) is 11.0. The van der Waals surface area contributed by atoms with E-state index in [-0.39, 0.29) is 23.0 Å². The maximum absolute atomic E-state index is 13.2. The molecule has 3 N–H and O–H groups in total. The first kappa shape index (κ1) is 19.6. The van der Waals surface area contributed by atoms with Crippen LogP contribution < -0.4 is 15.4 Å². The Labute approximate surface area is 149 Å². The van der Waals surface area contributed by atoms with Gasteiger partial charge in [-0.05, 0) is 30.7 Å². The van der Waals surface area contributed by atoms with Gasteiger partial charge in [0.2, 0.25) is 5.91 Å². The molecule has 0 aliphatic carbocycles. The van der Waals surface area contributed by atoms with Crippen LogP contribution in [0.4, 0.5) is 20.3 Å². The van der Waals surface area contributed by atoms with Gasteiger partial charge in [0.15, 0.2) is 0 Å². The van der Waals surface area contributed by atoms with Crippen molar-refractivity contribution in [2.75, 3.05) is 23.1 Å². The maximum atomic E-state index is 13.2. The molecule has 0 aliphatic rings. The van der Waals surface area contributed by atoms with Crippen LogP contribution in [0.3, 0.4) is 0 Å². The fraction of sp³-hybridized carbons (Fsp3) is 0.250. The molecule has 140 valence electrons. The Morgan fingerprint density at radius 2 is 1.85 bits per heavy atom. The van der Waals surface area contributed by atoms with Crippen molar-refractivity contribution >= 4 is 27.4 Å². The number of nitrogens with one attached hydrogen (secondary N) is 3. The second kappa shape index (κ2) is 8.56. The Kier molecular flexibility index (Phi) is 6.45. The summed E-state index contributed by atoms with van der Waals surface area (Å²) in [7, 11) is -4.06. The number of aromatic nitrogens is 1. The first-order chi connectivity index (χ1) is 12.3. The Hall–Kier alpha value is -2.75. The third-order valence-corrected chi connectivity index (χ3v) is 4.53. The molecule has 1 heterocycles. The van der Waals surface area contributed by atoms with E-state index in [2.05, 4.69) is 20.3 Å². The highest BCUT2D eigenvalue weighted by Gasteiger charge is 2.16. The molecule has 0 aliphatic heterocycles. The van der Waals surface area contributed by atoms with Gasteiger partial charge >= 0.3 is 0 Å². The van der Waals surface area contributed by atoms with Crippen LogP contribution in [0.15, 0.2) is 41.4 Å². The van der Waals surface area contributed by atoms with E-state index in [4.69, 9.17) is 0 Å². The third-order valence-electron chi connectivity index (χ3n) is 3.16. The second-order valence-corrected chi connectivity index (χ2v) is 7.03. The van der Waals surface area contributed by atoms with Gasteiger partial charge in [0.25, 0.3) is 10.0 Å². The molecule has 0 bridgehead atoms. The van der Waals surface area contributed by atoms with Gasteiger partial charge in [-0.25, -0.2) is 22.2 Å². The van der Waals surface area contributed by atoms with Crippen LogP contribution in [0.2, 0.25) is 0 Å². The van der Waals surface area contributed by atoms with Crippen LogP contribution in [-0.4, -0.2) is 32.4 Å². The molecule has 1 amide bonds. The van der Waals surface area contributed by atoms with Gasteiger partial charge in [0.1, 0.15) is 22.3 Å². The predicted molar refractivity (Wildman–Crippen MR) is 93.2 cm³/mol. The third kappa shape index (κ3) is 5.66. The summed E-state index contributed by atoms with van der Waals surface area (Å²) in [5.74, 6) is -1.70. The lowest BCUT2D eigenvalue weighted by atomic mass is 10.3. The van der Waals surface area contributed by atoms with Crippen LogP contribution in [0, 0.1) is 11.6 Å². The zero-order valence-electron chi connectivity index (χ0n) is 13.9. The maximum Gasteiger partial charge on any atom is 0.263 e. The molecule has 0 atom stereocenters. The van der Waals surface area contributed by atoms with E-state index in [9.17, 15) is 22.0 Å². The highest BCUT2D eigenvalue weighted by Crippen LogP contribution is 2.18. The quantitative estimate of drug-likeness (QED) is 0.647. The van der Waals surface area contributed by atoms with Crippen molar-refractivity contribution in [1.29, 1.82) is 0 Å². The molecule has 2 rings (SSSR count). The highest BCUT2D eigenvalue weighted by atomic mass is 32.2. The summed E-state index contributed by atoms with van der Waals surface area (Å²) in [5, 5.41) is 5.44.